The Morgan fingerprint density at radius 2 is 2.20 bits per heavy atom. The Labute approximate surface area is 148 Å². The molecule has 1 N–H and O–H groups in total. The topological polar surface area (TPSA) is 74.1 Å². The van der Waals surface area contributed by atoms with Gasteiger partial charge in [0.15, 0.2) is 0 Å². The Bertz CT molecular complexity index is 583. The number of aliphatic hydroxyl groups excluding tert-OH is 1. The van der Waals surface area contributed by atoms with Crippen LogP contribution >= 0.6 is 0 Å². The molecule has 140 valence electrons. The molecule has 0 spiro atoms. The third-order valence-electron chi connectivity index (χ3n) is 4.70. The Hall–Kier alpha value is -1.48. The summed E-state index contributed by atoms with van der Waals surface area (Å²) in [6, 6.07) is 1.92. The molecule has 0 saturated carbocycles. The van der Waals surface area contributed by atoms with Gasteiger partial charge in [-0.25, -0.2) is 0 Å². The fraction of sp³-hybridized carbons (Fsp3) is 0.765. The predicted octanol–water partition coefficient (Wildman–Crippen LogP) is 0.238. The molecule has 0 unspecified atom stereocenters. The van der Waals surface area contributed by atoms with Crippen molar-refractivity contribution >= 4 is 5.91 Å². The van der Waals surface area contributed by atoms with Gasteiger partial charge in [0, 0.05) is 32.6 Å². The third kappa shape index (κ3) is 4.78. The smallest absolute Gasteiger partial charge is 0.224 e. The molecule has 2 aliphatic heterocycles. The molecule has 1 atom stereocenters. The lowest BCUT2D eigenvalue weighted by molar-refractivity contribution is -0.182. The Morgan fingerprint density at radius 3 is 2.92 bits per heavy atom. The van der Waals surface area contributed by atoms with Crippen molar-refractivity contribution < 1.29 is 14.7 Å². The molecule has 0 bridgehead atoms. The molecule has 0 radical (unpaired) electrons. The van der Waals surface area contributed by atoms with E-state index in [9.17, 15) is 9.90 Å². The summed E-state index contributed by atoms with van der Waals surface area (Å²) in [5.74, 6) is 0.150. The van der Waals surface area contributed by atoms with Gasteiger partial charge in [-0.05, 0) is 33.0 Å². The molecule has 2 aliphatic rings. The highest BCUT2D eigenvalue weighted by molar-refractivity contribution is 5.76. The minimum Gasteiger partial charge on any atom is -0.385 e. The van der Waals surface area contributed by atoms with Crippen molar-refractivity contribution in [1.29, 1.82) is 0 Å². The number of hydrogen-bond donors (Lipinski definition) is 1. The van der Waals surface area contributed by atoms with E-state index >= 15 is 0 Å². The number of nitrogens with zero attached hydrogens (tertiary/aromatic N) is 5. The SMILES string of the molecule is CN(C)C[C@H](O)c1cc2n(n1)CCN(C(=O)CCN1CCCCO1)C2. The Kier molecular flexibility index (Phi) is 6.06. The van der Waals surface area contributed by atoms with Gasteiger partial charge >= 0.3 is 0 Å². The maximum Gasteiger partial charge on any atom is 0.224 e. The summed E-state index contributed by atoms with van der Waals surface area (Å²) in [6.07, 6.45) is 2.11. The molecule has 0 aromatic carbocycles. The van der Waals surface area contributed by atoms with E-state index in [0.717, 1.165) is 31.7 Å². The highest BCUT2D eigenvalue weighted by Gasteiger charge is 2.24. The molecule has 25 heavy (non-hydrogen) atoms. The van der Waals surface area contributed by atoms with E-state index in [1.807, 2.05) is 39.7 Å². The molecule has 1 amide bonds. The second kappa shape index (κ2) is 8.27. The molecule has 8 nitrogen and oxygen atoms in total. The van der Waals surface area contributed by atoms with Crippen molar-refractivity contribution in [3.8, 4) is 0 Å². The zero-order chi connectivity index (χ0) is 17.8. The van der Waals surface area contributed by atoms with Gasteiger partial charge in [-0.3, -0.25) is 14.3 Å². The van der Waals surface area contributed by atoms with Crippen molar-refractivity contribution in [3.05, 3.63) is 17.5 Å². The Balaban J connectivity index is 1.53. The van der Waals surface area contributed by atoms with Gasteiger partial charge in [0.1, 0.15) is 6.10 Å². The maximum absolute atomic E-state index is 12.5. The van der Waals surface area contributed by atoms with Crippen LogP contribution in [0.15, 0.2) is 6.07 Å². The van der Waals surface area contributed by atoms with Gasteiger partial charge in [0.2, 0.25) is 5.91 Å². The average molecular weight is 351 g/mol. The molecule has 1 saturated heterocycles. The van der Waals surface area contributed by atoms with Gasteiger partial charge in [-0.2, -0.15) is 10.2 Å². The third-order valence-corrected chi connectivity index (χ3v) is 4.70. The summed E-state index contributed by atoms with van der Waals surface area (Å²) in [5, 5.41) is 16.6. The Morgan fingerprint density at radius 1 is 1.36 bits per heavy atom. The number of amides is 1. The van der Waals surface area contributed by atoms with E-state index < -0.39 is 6.10 Å². The van der Waals surface area contributed by atoms with Crippen LogP contribution in [0.4, 0.5) is 0 Å². The van der Waals surface area contributed by atoms with Crippen LogP contribution in [0.5, 0.6) is 0 Å². The first-order chi connectivity index (χ1) is 12.0. The van der Waals surface area contributed by atoms with Crippen LogP contribution in [0, 0.1) is 0 Å². The second-order valence-corrected chi connectivity index (χ2v) is 7.10. The minimum atomic E-state index is -0.603. The van der Waals surface area contributed by atoms with Crippen LogP contribution in [-0.4, -0.2) is 82.5 Å². The van der Waals surface area contributed by atoms with Gasteiger partial charge < -0.3 is 14.9 Å². The average Bonchev–Trinajstić information content (AvgIpc) is 3.03. The number of hydrogen-bond acceptors (Lipinski definition) is 6. The second-order valence-electron chi connectivity index (χ2n) is 7.10. The van der Waals surface area contributed by atoms with Crippen LogP contribution in [-0.2, 0) is 22.7 Å². The van der Waals surface area contributed by atoms with Crippen molar-refractivity contribution in [2.75, 3.05) is 46.9 Å². The van der Waals surface area contributed by atoms with Crippen LogP contribution in [0.25, 0.3) is 0 Å². The van der Waals surface area contributed by atoms with Gasteiger partial charge in [0.25, 0.3) is 0 Å². The number of fused-ring (bicyclic) bond motifs is 1. The summed E-state index contributed by atoms with van der Waals surface area (Å²) in [5.41, 5.74) is 1.67. The first kappa shape index (κ1) is 18.3. The van der Waals surface area contributed by atoms with E-state index in [4.69, 9.17) is 4.84 Å². The van der Waals surface area contributed by atoms with Crippen LogP contribution < -0.4 is 0 Å². The molecule has 1 fully saturated rings. The number of likely N-dealkylation sites (N-methyl/N-ethyl adjacent to an activating group) is 1. The number of carbonyl (C=O) groups is 1. The lowest BCUT2D eigenvalue weighted by Crippen LogP contribution is -2.40. The number of aromatic nitrogens is 2. The highest BCUT2D eigenvalue weighted by Crippen LogP contribution is 2.19. The molecule has 8 heteroatoms. The zero-order valence-corrected chi connectivity index (χ0v) is 15.2. The van der Waals surface area contributed by atoms with Crippen LogP contribution in [0.1, 0.15) is 36.8 Å². The molecular weight excluding hydrogens is 322 g/mol. The van der Waals surface area contributed by atoms with E-state index in [1.54, 1.807) is 0 Å². The van der Waals surface area contributed by atoms with Crippen molar-refractivity contribution in [1.82, 2.24) is 24.6 Å². The fourth-order valence-electron chi connectivity index (χ4n) is 3.31. The first-order valence-electron chi connectivity index (χ1n) is 9.08. The van der Waals surface area contributed by atoms with E-state index in [1.165, 1.54) is 0 Å². The number of aliphatic hydroxyl groups is 1. The maximum atomic E-state index is 12.5. The number of rotatable bonds is 6. The quantitative estimate of drug-likeness (QED) is 0.791. The highest BCUT2D eigenvalue weighted by atomic mass is 16.7. The van der Waals surface area contributed by atoms with E-state index in [2.05, 4.69) is 5.10 Å². The summed E-state index contributed by atoms with van der Waals surface area (Å²) in [7, 11) is 3.84. The standard InChI is InChI=1S/C17H29N5O3/c1-19(2)13-16(23)15-11-14-12-20(8-9-22(14)18-15)17(24)5-7-21-6-3-4-10-25-21/h11,16,23H,3-10,12-13H2,1-2H3/t16-/m0/s1. The van der Waals surface area contributed by atoms with Gasteiger partial charge in [-0.1, -0.05) is 0 Å². The number of hydroxylamine groups is 2. The van der Waals surface area contributed by atoms with Gasteiger partial charge in [-0.15, -0.1) is 0 Å². The summed E-state index contributed by atoms with van der Waals surface area (Å²) < 4.78 is 1.91. The molecule has 1 aromatic heterocycles. The molecule has 1 aromatic rings. The van der Waals surface area contributed by atoms with E-state index in [-0.39, 0.29) is 5.91 Å². The first-order valence-corrected chi connectivity index (χ1v) is 9.08. The lowest BCUT2D eigenvalue weighted by Gasteiger charge is -2.30. The fourth-order valence-corrected chi connectivity index (χ4v) is 3.31. The molecule has 3 rings (SSSR count). The van der Waals surface area contributed by atoms with Crippen molar-refractivity contribution in [2.24, 2.45) is 0 Å². The molecule has 0 aliphatic carbocycles. The van der Waals surface area contributed by atoms with E-state index in [0.29, 0.717) is 44.8 Å². The molecule has 3 heterocycles. The predicted molar refractivity (Wildman–Crippen MR) is 92.5 cm³/mol. The zero-order valence-electron chi connectivity index (χ0n) is 15.2. The summed E-state index contributed by atoms with van der Waals surface area (Å²) >= 11 is 0. The largest absolute Gasteiger partial charge is 0.385 e. The van der Waals surface area contributed by atoms with Crippen LogP contribution in [0.2, 0.25) is 0 Å². The normalized spacial score (nSPS) is 19.9. The number of carbonyl (C=O) groups excluding carboxylic acids is 1. The summed E-state index contributed by atoms with van der Waals surface area (Å²) in [6.45, 7) is 4.76. The monoisotopic (exact) mass is 351 g/mol. The lowest BCUT2D eigenvalue weighted by atomic mass is 10.2. The van der Waals surface area contributed by atoms with Crippen molar-refractivity contribution in [2.45, 2.75) is 38.5 Å². The van der Waals surface area contributed by atoms with Crippen molar-refractivity contribution in [3.63, 3.8) is 0 Å². The minimum absolute atomic E-state index is 0.150. The molecular formula is C17H29N5O3. The van der Waals surface area contributed by atoms with Gasteiger partial charge in [0.05, 0.1) is 31.1 Å². The summed E-state index contributed by atoms with van der Waals surface area (Å²) in [4.78, 5) is 21.9. The van der Waals surface area contributed by atoms with Crippen LogP contribution in [0.3, 0.4) is 0 Å².